The zero-order chi connectivity index (χ0) is 16.9. The first-order valence-corrected chi connectivity index (χ1v) is 8.38. The Balaban J connectivity index is 1.65. The van der Waals surface area contributed by atoms with Gasteiger partial charge in [-0.25, -0.2) is 4.39 Å². The predicted octanol–water partition coefficient (Wildman–Crippen LogP) is 3.30. The van der Waals surface area contributed by atoms with Gasteiger partial charge in [0.05, 0.1) is 11.5 Å². The molecule has 0 bridgehead atoms. The number of nitrogens with zero attached hydrogens (tertiary/aromatic N) is 2. The minimum Gasteiger partial charge on any atom is -0.303 e. The highest BCUT2D eigenvalue weighted by atomic mass is 32.2. The first-order valence-electron chi connectivity index (χ1n) is 7.50. The van der Waals surface area contributed by atoms with Crippen LogP contribution in [0.4, 0.5) is 4.39 Å². The van der Waals surface area contributed by atoms with Crippen LogP contribution >= 0.6 is 11.8 Å². The van der Waals surface area contributed by atoms with Gasteiger partial charge in [-0.2, -0.15) is 5.10 Å². The molecule has 0 aromatic heterocycles. The fraction of sp³-hybridized carbons (Fsp3) is 0.167. The van der Waals surface area contributed by atoms with Gasteiger partial charge in [-0.1, -0.05) is 59.8 Å². The van der Waals surface area contributed by atoms with Crippen molar-refractivity contribution in [3.8, 4) is 0 Å². The maximum Gasteiger partial charge on any atom is 0.239 e. The van der Waals surface area contributed by atoms with Crippen LogP contribution in [-0.2, 0) is 11.2 Å². The number of hydrogen-bond acceptors (Lipinski definition) is 4. The zero-order valence-electron chi connectivity index (χ0n) is 13.1. The molecular weight excluding hydrogens is 325 g/mol. The van der Waals surface area contributed by atoms with E-state index in [1.54, 1.807) is 18.2 Å². The van der Waals surface area contributed by atoms with Crippen LogP contribution in [-0.4, -0.2) is 22.5 Å². The van der Waals surface area contributed by atoms with Crippen LogP contribution in [0.2, 0.25) is 0 Å². The van der Waals surface area contributed by atoms with E-state index >= 15 is 0 Å². The van der Waals surface area contributed by atoms with E-state index in [9.17, 15) is 9.18 Å². The van der Waals surface area contributed by atoms with Crippen molar-refractivity contribution < 1.29 is 9.18 Å². The second-order valence-electron chi connectivity index (χ2n) is 5.46. The number of hydrogen-bond donors (Lipinski definition) is 1. The minimum atomic E-state index is -0.359. The molecule has 1 atom stereocenters. The first kappa shape index (κ1) is 16.4. The van der Waals surface area contributed by atoms with E-state index in [2.05, 4.69) is 21.6 Å². The molecule has 1 aliphatic heterocycles. The topological polar surface area (TPSA) is 53.8 Å². The van der Waals surface area contributed by atoms with Crippen molar-refractivity contribution in [1.29, 1.82) is 0 Å². The van der Waals surface area contributed by atoms with E-state index in [4.69, 9.17) is 0 Å². The lowest BCUT2D eigenvalue weighted by Gasteiger charge is -2.05. The highest BCUT2D eigenvalue weighted by molar-refractivity contribution is 8.15. The van der Waals surface area contributed by atoms with Crippen molar-refractivity contribution in [1.82, 2.24) is 5.32 Å². The lowest BCUT2D eigenvalue weighted by Crippen LogP contribution is -2.25. The Bertz CT molecular complexity index is 819. The summed E-state index contributed by atoms with van der Waals surface area (Å²) >= 11 is 1.34. The summed E-state index contributed by atoms with van der Waals surface area (Å²) in [6.07, 6.45) is 1.97. The van der Waals surface area contributed by atoms with E-state index in [-0.39, 0.29) is 17.0 Å². The van der Waals surface area contributed by atoms with E-state index < -0.39 is 0 Å². The third kappa shape index (κ3) is 4.08. The van der Waals surface area contributed by atoms with Crippen LogP contribution in [0.1, 0.15) is 16.7 Å². The number of aryl methyl sites for hydroxylation is 1. The summed E-state index contributed by atoms with van der Waals surface area (Å²) in [5.74, 6) is -0.441. The lowest BCUT2D eigenvalue weighted by atomic mass is 10.1. The highest BCUT2D eigenvalue weighted by Crippen LogP contribution is 2.23. The van der Waals surface area contributed by atoms with Gasteiger partial charge in [0.15, 0.2) is 5.17 Å². The lowest BCUT2D eigenvalue weighted by molar-refractivity contribution is -0.118. The molecule has 0 saturated carbocycles. The zero-order valence-corrected chi connectivity index (χ0v) is 13.9. The summed E-state index contributed by atoms with van der Waals surface area (Å²) in [6.45, 7) is 2.02. The quantitative estimate of drug-likeness (QED) is 0.685. The van der Waals surface area contributed by atoms with Crippen LogP contribution < -0.4 is 5.32 Å². The van der Waals surface area contributed by atoms with E-state index in [1.807, 2.05) is 25.1 Å². The minimum absolute atomic E-state index is 0.0821. The summed E-state index contributed by atoms with van der Waals surface area (Å²) in [6, 6.07) is 14.4. The van der Waals surface area contributed by atoms with Gasteiger partial charge in [-0.3, -0.25) is 4.79 Å². The van der Waals surface area contributed by atoms with Gasteiger partial charge in [0.2, 0.25) is 5.91 Å². The molecule has 0 radical (unpaired) electrons. The summed E-state index contributed by atoms with van der Waals surface area (Å²) < 4.78 is 13.5. The molecule has 3 rings (SSSR count). The Hall–Kier alpha value is -2.47. The standard InChI is InChI=1S/C18H16FN3OS/c1-12-5-4-6-13(9-12)10-16-17(23)21-18(24-16)22-20-11-14-7-2-3-8-15(14)19/h2-9,11,16H,10H2,1H3,(H,21,22,23)/b20-11-. The Morgan fingerprint density at radius 3 is 2.88 bits per heavy atom. The van der Waals surface area contributed by atoms with Crippen molar-refractivity contribution >= 4 is 29.1 Å². The number of nitrogens with one attached hydrogen (secondary N) is 1. The molecule has 1 saturated heterocycles. The Labute approximate surface area is 143 Å². The molecule has 1 aliphatic rings. The molecule has 0 aliphatic carbocycles. The van der Waals surface area contributed by atoms with Gasteiger partial charge < -0.3 is 5.32 Å². The van der Waals surface area contributed by atoms with Crippen molar-refractivity contribution in [3.63, 3.8) is 0 Å². The van der Waals surface area contributed by atoms with Gasteiger partial charge in [-0.05, 0) is 25.0 Å². The van der Waals surface area contributed by atoms with Crippen LogP contribution in [0, 0.1) is 12.7 Å². The Morgan fingerprint density at radius 1 is 1.25 bits per heavy atom. The fourth-order valence-corrected chi connectivity index (χ4v) is 3.33. The van der Waals surface area contributed by atoms with Crippen LogP contribution in [0.5, 0.6) is 0 Å². The number of rotatable bonds is 4. The van der Waals surface area contributed by atoms with Crippen molar-refractivity contribution in [2.45, 2.75) is 18.6 Å². The number of amidine groups is 1. The van der Waals surface area contributed by atoms with Crippen molar-refractivity contribution in [3.05, 3.63) is 71.0 Å². The molecule has 6 heteroatoms. The largest absolute Gasteiger partial charge is 0.303 e. The average molecular weight is 341 g/mol. The third-order valence-corrected chi connectivity index (χ3v) is 4.60. The normalized spacial score (nSPS) is 19.2. The molecule has 2 aromatic rings. The third-order valence-electron chi connectivity index (χ3n) is 3.53. The number of thioether (sulfide) groups is 1. The smallest absolute Gasteiger partial charge is 0.239 e. The van der Waals surface area contributed by atoms with Gasteiger partial charge in [-0.15, -0.1) is 5.10 Å². The van der Waals surface area contributed by atoms with Gasteiger partial charge in [0, 0.05) is 5.56 Å². The van der Waals surface area contributed by atoms with E-state index in [1.165, 1.54) is 29.6 Å². The molecular formula is C18H16FN3OS. The fourth-order valence-electron chi connectivity index (χ4n) is 2.36. The van der Waals surface area contributed by atoms with Gasteiger partial charge >= 0.3 is 0 Å². The monoisotopic (exact) mass is 341 g/mol. The van der Waals surface area contributed by atoms with Crippen molar-refractivity contribution in [2.75, 3.05) is 0 Å². The summed E-state index contributed by atoms with van der Waals surface area (Å²) in [7, 11) is 0. The summed E-state index contributed by atoms with van der Waals surface area (Å²) in [5, 5.41) is 10.7. The average Bonchev–Trinajstić information content (AvgIpc) is 2.89. The Kier molecular flexibility index (Phi) is 5.05. The maximum atomic E-state index is 13.5. The first-order chi connectivity index (χ1) is 11.6. The SMILES string of the molecule is Cc1cccc(CC2S/C(=N/N=C\c3ccccc3F)NC2=O)c1. The summed E-state index contributed by atoms with van der Waals surface area (Å²) in [4.78, 5) is 12.0. The molecule has 1 fully saturated rings. The number of halogens is 1. The molecule has 2 aromatic carbocycles. The molecule has 24 heavy (non-hydrogen) atoms. The highest BCUT2D eigenvalue weighted by Gasteiger charge is 2.30. The second-order valence-corrected chi connectivity index (χ2v) is 6.65. The summed E-state index contributed by atoms with van der Waals surface area (Å²) in [5.41, 5.74) is 2.63. The molecule has 0 spiro atoms. The predicted molar refractivity (Wildman–Crippen MR) is 95.8 cm³/mol. The molecule has 4 nitrogen and oxygen atoms in total. The molecule has 122 valence electrons. The van der Waals surface area contributed by atoms with Crippen LogP contribution in [0.3, 0.4) is 0 Å². The maximum absolute atomic E-state index is 13.5. The molecule has 1 heterocycles. The number of amides is 1. The van der Waals surface area contributed by atoms with Gasteiger partial charge in [0.25, 0.3) is 0 Å². The number of carbonyl (C=O) groups excluding carboxylic acids is 1. The van der Waals surface area contributed by atoms with Crippen molar-refractivity contribution in [2.24, 2.45) is 10.2 Å². The van der Waals surface area contributed by atoms with Crippen LogP contribution in [0.15, 0.2) is 58.7 Å². The van der Waals surface area contributed by atoms with E-state index in [0.717, 1.165) is 5.56 Å². The second kappa shape index (κ2) is 7.40. The number of carbonyl (C=O) groups is 1. The van der Waals surface area contributed by atoms with Crippen LogP contribution in [0.25, 0.3) is 0 Å². The molecule has 1 unspecified atom stereocenters. The van der Waals surface area contributed by atoms with Gasteiger partial charge in [0.1, 0.15) is 5.82 Å². The van der Waals surface area contributed by atoms with E-state index in [0.29, 0.717) is 17.2 Å². The Morgan fingerprint density at radius 2 is 2.08 bits per heavy atom. The molecule has 1 amide bonds. The number of benzene rings is 2. The molecule has 1 N–H and O–H groups in total.